The van der Waals surface area contributed by atoms with Crippen LogP contribution in [0, 0.1) is 11.6 Å². The van der Waals surface area contributed by atoms with Crippen molar-refractivity contribution in [3.63, 3.8) is 0 Å². The van der Waals surface area contributed by atoms with Gasteiger partial charge >= 0.3 is 0 Å². The van der Waals surface area contributed by atoms with Crippen LogP contribution in [0.15, 0.2) is 54.6 Å². The monoisotopic (exact) mass is 274 g/mol. The number of rotatable bonds is 4. The van der Waals surface area contributed by atoms with Crippen LogP contribution < -0.4 is 0 Å². The molecule has 0 atom stereocenters. The number of halogens is 2. The van der Waals surface area contributed by atoms with Gasteiger partial charge in [0, 0.05) is 18.1 Å². The van der Waals surface area contributed by atoms with Crippen molar-refractivity contribution in [1.29, 1.82) is 0 Å². The van der Waals surface area contributed by atoms with Gasteiger partial charge in [-0.05, 0) is 42.0 Å². The number of allylic oxidation sites excluding steroid dienone is 1. The molecule has 0 spiro atoms. The molecule has 0 aliphatic heterocycles. The summed E-state index contributed by atoms with van der Waals surface area (Å²) in [6.45, 7) is 0. The van der Waals surface area contributed by atoms with Crippen LogP contribution in [0.25, 0.3) is 5.76 Å². The lowest BCUT2D eigenvalue weighted by Gasteiger charge is -2.01. The Bertz CT molecular complexity index is 629. The summed E-state index contributed by atoms with van der Waals surface area (Å²) in [7, 11) is 0. The van der Waals surface area contributed by atoms with Crippen LogP contribution in [0.5, 0.6) is 0 Å². The van der Waals surface area contributed by atoms with E-state index in [2.05, 4.69) is 0 Å². The molecule has 0 amide bonds. The van der Waals surface area contributed by atoms with Gasteiger partial charge < -0.3 is 5.11 Å². The molecule has 2 nitrogen and oxygen atoms in total. The van der Waals surface area contributed by atoms with Gasteiger partial charge in [0.2, 0.25) is 0 Å². The molecule has 0 aliphatic carbocycles. The lowest BCUT2D eigenvalue weighted by Crippen LogP contribution is -2.00. The number of hydrogen-bond donors (Lipinski definition) is 1. The zero-order valence-corrected chi connectivity index (χ0v) is 10.5. The lowest BCUT2D eigenvalue weighted by atomic mass is 10.1. The van der Waals surface area contributed by atoms with E-state index in [0.29, 0.717) is 11.1 Å². The molecule has 0 saturated carbocycles. The van der Waals surface area contributed by atoms with E-state index in [1.54, 1.807) is 0 Å². The van der Waals surface area contributed by atoms with E-state index in [4.69, 9.17) is 0 Å². The summed E-state index contributed by atoms with van der Waals surface area (Å²) < 4.78 is 25.5. The SMILES string of the molecule is O=C(/C=C(/O)c1ccc(F)cc1)Cc1ccc(F)cc1. The van der Waals surface area contributed by atoms with Gasteiger partial charge in [0.05, 0.1) is 0 Å². The van der Waals surface area contributed by atoms with Crippen molar-refractivity contribution in [2.75, 3.05) is 0 Å². The van der Waals surface area contributed by atoms with Crippen molar-refractivity contribution >= 4 is 11.5 Å². The quantitative estimate of drug-likeness (QED) is 0.682. The fourth-order valence-corrected chi connectivity index (χ4v) is 1.71. The molecule has 2 rings (SSSR count). The molecule has 0 heterocycles. The van der Waals surface area contributed by atoms with E-state index in [1.807, 2.05) is 0 Å². The number of carbonyl (C=O) groups excluding carboxylic acids is 1. The predicted molar refractivity (Wildman–Crippen MR) is 72.1 cm³/mol. The van der Waals surface area contributed by atoms with E-state index >= 15 is 0 Å². The zero-order valence-electron chi connectivity index (χ0n) is 10.5. The van der Waals surface area contributed by atoms with Crippen molar-refractivity contribution in [2.24, 2.45) is 0 Å². The summed E-state index contributed by atoms with van der Waals surface area (Å²) in [6.07, 6.45) is 1.14. The third-order valence-electron chi connectivity index (χ3n) is 2.73. The van der Waals surface area contributed by atoms with Gasteiger partial charge in [-0.25, -0.2) is 8.78 Å². The average Bonchev–Trinajstić information content (AvgIpc) is 2.42. The summed E-state index contributed by atoms with van der Waals surface area (Å²) >= 11 is 0. The molecule has 0 bridgehead atoms. The largest absolute Gasteiger partial charge is 0.507 e. The lowest BCUT2D eigenvalue weighted by molar-refractivity contribution is -0.114. The highest BCUT2D eigenvalue weighted by Crippen LogP contribution is 2.13. The molecule has 0 aromatic heterocycles. The molecule has 0 unspecified atom stereocenters. The Morgan fingerprint density at radius 1 is 0.950 bits per heavy atom. The van der Waals surface area contributed by atoms with Crippen molar-refractivity contribution in [3.8, 4) is 0 Å². The normalized spacial score (nSPS) is 11.4. The minimum Gasteiger partial charge on any atom is -0.507 e. The fourth-order valence-electron chi connectivity index (χ4n) is 1.71. The molecule has 0 saturated heterocycles. The van der Waals surface area contributed by atoms with Crippen molar-refractivity contribution in [3.05, 3.63) is 77.4 Å². The van der Waals surface area contributed by atoms with Gasteiger partial charge in [0.25, 0.3) is 0 Å². The van der Waals surface area contributed by atoms with Crippen molar-refractivity contribution < 1.29 is 18.7 Å². The molecule has 102 valence electrons. The van der Waals surface area contributed by atoms with Crippen molar-refractivity contribution in [2.45, 2.75) is 6.42 Å². The summed E-state index contributed by atoms with van der Waals surface area (Å²) in [4.78, 5) is 11.7. The van der Waals surface area contributed by atoms with Crippen molar-refractivity contribution in [1.82, 2.24) is 0 Å². The van der Waals surface area contributed by atoms with Crippen LogP contribution in [0.2, 0.25) is 0 Å². The first-order valence-electron chi connectivity index (χ1n) is 5.98. The summed E-state index contributed by atoms with van der Waals surface area (Å²) in [5.41, 5.74) is 1.01. The minimum atomic E-state index is -0.417. The van der Waals surface area contributed by atoms with Gasteiger partial charge in [-0.2, -0.15) is 0 Å². The number of ketones is 1. The second kappa shape index (κ2) is 6.10. The fraction of sp³-hybridized carbons (Fsp3) is 0.0625. The van der Waals surface area contributed by atoms with Gasteiger partial charge in [-0.3, -0.25) is 4.79 Å². The maximum Gasteiger partial charge on any atom is 0.163 e. The first-order valence-corrected chi connectivity index (χ1v) is 5.98. The number of aliphatic hydroxyl groups excluding tert-OH is 1. The molecule has 4 heteroatoms. The number of aliphatic hydroxyl groups is 1. The molecule has 2 aromatic carbocycles. The van der Waals surface area contributed by atoms with E-state index in [1.165, 1.54) is 48.5 Å². The Labute approximate surface area is 115 Å². The second-order valence-corrected chi connectivity index (χ2v) is 4.31. The zero-order chi connectivity index (χ0) is 14.5. The smallest absolute Gasteiger partial charge is 0.163 e. The number of hydrogen-bond acceptors (Lipinski definition) is 2. The first kappa shape index (κ1) is 13.9. The van der Waals surface area contributed by atoms with Crippen LogP contribution in [0.4, 0.5) is 8.78 Å². The molecule has 2 aromatic rings. The predicted octanol–water partition coefficient (Wildman–Crippen LogP) is 3.68. The second-order valence-electron chi connectivity index (χ2n) is 4.31. The topological polar surface area (TPSA) is 37.3 Å². The minimum absolute atomic E-state index is 0.0610. The highest BCUT2D eigenvalue weighted by atomic mass is 19.1. The van der Waals surface area contributed by atoms with Crippen LogP contribution in [0.1, 0.15) is 11.1 Å². The van der Waals surface area contributed by atoms with E-state index in [9.17, 15) is 18.7 Å². The summed E-state index contributed by atoms with van der Waals surface area (Å²) in [5.74, 6) is -1.33. The third kappa shape index (κ3) is 3.75. The molecule has 0 aliphatic rings. The Morgan fingerprint density at radius 2 is 1.45 bits per heavy atom. The molecule has 0 radical (unpaired) electrons. The van der Waals surface area contributed by atoms with E-state index < -0.39 is 5.82 Å². The molecular formula is C16H12F2O2. The first-order chi connectivity index (χ1) is 9.54. The number of carbonyl (C=O) groups is 1. The molecular weight excluding hydrogens is 262 g/mol. The van der Waals surface area contributed by atoms with Gasteiger partial charge in [0.15, 0.2) is 5.78 Å². The Kier molecular flexibility index (Phi) is 4.25. The molecule has 0 fully saturated rings. The van der Waals surface area contributed by atoms with Crippen LogP contribution in [-0.4, -0.2) is 10.9 Å². The average molecular weight is 274 g/mol. The third-order valence-corrected chi connectivity index (χ3v) is 2.73. The summed E-state index contributed by atoms with van der Waals surface area (Å²) in [5, 5.41) is 9.76. The van der Waals surface area contributed by atoms with Crippen LogP contribution in [0.3, 0.4) is 0 Å². The van der Waals surface area contributed by atoms with E-state index in [0.717, 1.165) is 6.08 Å². The summed E-state index contributed by atoms with van der Waals surface area (Å²) in [6, 6.07) is 10.7. The molecule has 20 heavy (non-hydrogen) atoms. The Balaban J connectivity index is 2.07. The Morgan fingerprint density at radius 3 is 2.00 bits per heavy atom. The number of benzene rings is 2. The maximum absolute atomic E-state index is 12.7. The highest BCUT2D eigenvalue weighted by Gasteiger charge is 2.05. The van der Waals surface area contributed by atoms with Gasteiger partial charge in [0.1, 0.15) is 17.4 Å². The van der Waals surface area contributed by atoms with E-state index in [-0.39, 0.29) is 23.8 Å². The van der Waals surface area contributed by atoms with Crippen LogP contribution in [-0.2, 0) is 11.2 Å². The van der Waals surface area contributed by atoms with Gasteiger partial charge in [-0.1, -0.05) is 12.1 Å². The standard InChI is InChI=1S/C16H12F2O2/c17-13-5-1-11(2-6-13)9-15(19)10-16(20)12-3-7-14(18)8-4-12/h1-8,10,20H,9H2/b16-10+. The molecule has 1 N–H and O–H groups in total. The Hall–Kier alpha value is -2.49. The highest BCUT2D eigenvalue weighted by molar-refractivity contribution is 5.96. The maximum atomic E-state index is 12.7. The van der Waals surface area contributed by atoms with Crippen LogP contribution >= 0.6 is 0 Å². The van der Waals surface area contributed by atoms with Gasteiger partial charge in [-0.15, -0.1) is 0 Å².